The quantitative estimate of drug-likeness (QED) is 0.824. The van der Waals surface area contributed by atoms with Gasteiger partial charge in [0.05, 0.1) is 11.9 Å². The maximum atomic E-state index is 14.0. The predicted octanol–water partition coefficient (Wildman–Crippen LogP) is 4.09. The lowest BCUT2D eigenvalue weighted by molar-refractivity contribution is 0.505. The molecule has 0 aliphatic heterocycles. The van der Waals surface area contributed by atoms with E-state index in [0.29, 0.717) is 23.4 Å². The van der Waals surface area contributed by atoms with E-state index in [9.17, 15) is 8.78 Å². The number of hydrogen-bond acceptors (Lipinski definition) is 2. The van der Waals surface area contributed by atoms with E-state index >= 15 is 0 Å². The van der Waals surface area contributed by atoms with E-state index in [1.54, 1.807) is 0 Å². The fraction of sp³-hybridized carbons (Fsp3) is 0.467. The summed E-state index contributed by atoms with van der Waals surface area (Å²) in [4.78, 5) is 0. The molecule has 0 unspecified atom stereocenters. The number of benzene rings is 1. The zero-order chi connectivity index (χ0) is 13.4. The molecule has 2 aromatic rings. The summed E-state index contributed by atoms with van der Waals surface area (Å²) in [6.45, 7) is 3.55. The van der Waals surface area contributed by atoms with E-state index in [2.05, 4.69) is 12.2 Å². The lowest BCUT2D eigenvalue weighted by Crippen LogP contribution is -2.14. The molecular weight excluding hydrogens is 248 g/mol. The Morgan fingerprint density at radius 1 is 1.32 bits per heavy atom. The predicted molar refractivity (Wildman–Crippen MR) is 70.1 cm³/mol. The second-order valence-corrected chi connectivity index (χ2v) is 5.15. The Morgan fingerprint density at radius 2 is 2.11 bits per heavy atom. The first-order valence-electron chi connectivity index (χ1n) is 6.81. The lowest BCUT2D eigenvalue weighted by Gasteiger charge is -2.03. The van der Waals surface area contributed by atoms with Gasteiger partial charge in [-0.2, -0.15) is 0 Å². The summed E-state index contributed by atoms with van der Waals surface area (Å²) >= 11 is 0. The molecule has 0 bridgehead atoms. The molecule has 2 nitrogen and oxygen atoms in total. The normalized spacial score (nSPS) is 15.3. The Labute approximate surface area is 110 Å². The highest BCUT2D eigenvalue weighted by atomic mass is 19.1. The Balaban J connectivity index is 2.05. The first-order chi connectivity index (χ1) is 9.20. The largest absolute Gasteiger partial charge is 0.459 e. The smallest absolute Gasteiger partial charge is 0.140 e. The number of nitrogens with one attached hydrogen (secondary N) is 1. The maximum Gasteiger partial charge on any atom is 0.140 e. The Kier molecular flexibility index (Phi) is 3.27. The van der Waals surface area contributed by atoms with Crippen molar-refractivity contribution in [3.63, 3.8) is 0 Å². The van der Waals surface area contributed by atoms with Crippen LogP contribution in [0.2, 0.25) is 0 Å². The van der Waals surface area contributed by atoms with Crippen molar-refractivity contribution in [3.8, 4) is 0 Å². The average Bonchev–Trinajstić information content (AvgIpc) is 3.12. The number of hydrogen-bond donors (Lipinski definition) is 1. The van der Waals surface area contributed by atoms with E-state index in [0.717, 1.165) is 43.2 Å². The molecule has 102 valence electrons. The highest BCUT2D eigenvalue weighted by Gasteiger charge is 2.32. The van der Waals surface area contributed by atoms with Gasteiger partial charge in [-0.25, -0.2) is 8.78 Å². The minimum absolute atomic E-state index is 0.327. The van der Waals surface area contributed by atoms with Crippen LogP contribution in [0.25, 0.3) is 11.0 Å². The molecule has 1 fully saturated rings. The Morgan fingerprint density at radius 3 is 2.79 bits per heavy atom. The molecule has 1 aliphatic rings. The molecule has 1 N–H and O–H groups in total. The molecule has 0 spiro atoms. The zero-order valence-corrected chi connectivity index (χ0v) is 10.9. The highest BCUT2D eigenvalue weighted by Crippen LogP contribution is 2.46. The summed E-state index contributed by atoms with van der Waals surface area (Å²) < 4.78 is 32.9. The van der Waals surface area contributed by atoms with Crippen LogP contribution >= 0.6 is 0 Å². The third-order valence-electron chi connectivity index (χ3n) is 3.52. The summed E-state index contributed by atoms with van der Waals surface area (Å²) in [5.74, 6) is 0.0339. The third kappa shape index (κ3) is 2.37. The third-order valence-corrected chi connectivity index (χ3v) is 3.52. The number of halogens is 2. The minimum atomic E-state index is -0.589. The SMILES string of the molecule is CCCNCc1oc2cc(F)cc(F)c2c1C1CC1. The average molecular weight is 265 g/mol. The van der Waals surface area contributed by atoms with E-state index in [1.807, 2.05) is 0 Å². The molecule has 0 amide bonds. The van der Waals surface area contributed by atoms with E-state index in [-0.39, 0.29) is 0 Å². The van der Waals surface area contributed by atoms with E-state index in [1.165, 1.54) is 6.07 Å². The first kappa shape index (κ1) is 12.6. The van der Waals surface area contributed by atoms with Gasteiger partial charge in [0.2, 0.25) is 0 Å². The zero-order valence-electron chi connectivity index (χ0n) is 10.9. The fourth-order valence-electron chi connectivity index (χ4n) is 2.53. The van der Waals surface area contributed by atoms with Crippen LogP contribution in [0.15, 0.2) is 16.5 Å². The molecule has 0 radical (unpaired) electrons. The summed E-state index contributed by atoms with van der Waals surface area (Å²) in [5, 5.41) is 3.73. The van der Waals surface area contributed by atoms with Gasteiger partial charge in [0, 0.05) is 17.7 Å². The number of fused-ring (bicyclic) bond motifs is 1. The second-order valence-electron chi connectivity index (χ2n) is 5.15. The molecule has 0 atom stereocenters. The lowest BCUT2D eigenvalue weighted by atomic mass is 10.1. The number of furan rings is 1. The molecule has 1 heterocycles. The molecule has 1 saturated carbocycles. The van der Waals surface area contributed by atoms with Crippen LogP contribution < -0.4 is 5.32 Å². The van der Waals surface area contributed by atoms with Crippen LogP contribution in [0.5, 0.6) is 0 Å². The van der Waals surface area contributed by atoms with Crippen molar-refractivity contribution in [2.75, 3.05) is 6.54 Å². The molecule has 1 aromatic heterocycles. The van der Waals surface area contributed by atoms with Crippen molar-refractivity contribution in [2.24, 2.45) is 0 Å². The van der Waals surface area contributed by atoms with Crippen molar-refractivity contribution < 1.29 is 13.2 Å². The van der Waals surface area contributed by atoms with Gasteiger partial charge in [0.25, 0.3) is 0 Å². The summed E-state index contributed by atoms with van der Waals surface area (Å²) in [6, 6.07) is 2.21. The van der Waals surface area contributed by atoms with Crippen molar-refractivity contribution in [1.29, 1.82) is 0 Å². The van der Waals surface area contributed by atoms with Crippen LogP contribution in [-0.2, 0) is 6.54 Å². The maximum absolute atomic E-state index is 14.0. The molecule has 19 heavy (non-hydrogen) atoms. The topological polar surface area (TPSA) is 25.2 Å². The van der Waals surface area contributed by atoms with Crippen LogP contribution in [-0.4, -0.2) is 6.54 Å². The van der Waals surface area contributed by atoms with Crippen molar-refractivity contribution in [3.05, 3.63) is 35.1 Å². The standard InChI is InChI=1S/C15H17F2NO/c1-2-5-18-8-13-14(9-3-4-9)15-11(17)6-10(16)7-12(15)19-13/h6-7,9,18H,2-5,8H2,1H3. The highest BCUT2D eigenvalue weighted by molar-refractivity contribution is 5.84. The monoisotopic (exact) mass is 265 g/mol. The van der Waals surface area contributed by atoms with E-state index in [4.69, 9.17) is 4.42 Å². The van der Waals surface area contributed by atoms with Gasteiger partial charge in [-0.1, -0.05) is 6.92 Å². The molecule has 3 rings (SSSR count). The van der Waals surface area contributed by atoms with Gasteiger partial charge in [-0.3, -0.25) is 0 Å². The summed E-state index contributed by atoms with van der Waals surface area (Å²) in [5.41, 5.74) is 1.27. The molecule has 1 aliphatic carbocycles. The van der Waals surface area contributed by atoms with Crippen LogP contribution in [0.3, 0.4) is 0 Å². The Hall–Kier alpha value is -1.42. The van der Waals surface area contributed by atoms with Crippen molar-refractivity contribution >= 4 is 11.0 Å². The Bertz CT molecular complexity index is 602. The van der Waals surface area contributed by atoms with Gasteiger partial charge >= 0.3 is 0 Å². The van der Waals surface area contributed by atoms with E-state index < -0.39 is 11.6 Å². The van der Waals surface area contributed by atoms with Gasteiger partial charge in [0.1, 0.15) is 23.0 Å². The number of rotatable bonds is 5. The van der Waals surface area contributed by atoms with Gasteiger partial charge in [-0.05, 0) is 31.7 Å². The summed E-state index contributed by atoms with van der Waals surface area (Å²) in [6.07, 6.45) is 3.15. The molecule has 0 saturated heterocycles. The second kappa shape index (κ2) is 4.93. The van der Waals surface area contributed by atoms with Gasteiger partial charge in [0.15, 0.2) is 0 Å². The molecular formula is C15H17F2NO. The first-order valence-corrected chi connectivity index (χ1v) is 6.81. The molecule has 1 aromatic carbocycles. The van der Waals surface area contributed by atoms with Crippen LogP contribution in [0.1, 0.15) is 43.4 Å². The van der Waals surface area contributed by atoms with Crippen LogP contribution in [0.4, 0.5) is 8.78 Å². The molecule has 4 heteroatoms. The minimum Gasteiger partial charge on any atom is -0.459 e. The van der Waals surface area contributed by atoms with Crippen LogP contribution in [0, 0.1) is 11.6 Å². The van der Waals surface area contributed by atoms with Gasteiger partial charge in [-0.15, -0.1) is 0 Å². The van der Waals surface area contributed by atoms with Gasteiger partial charge < -0.3 is 9.73 Å². The summed E-state index contributed by atoms with van der Waals surface area (Å²) in [7, 11) is 0. The van der Waals surface area contributed by atoms with Crippen molar-refractivity contribution in [2.45, 2.75) is 38.6 Å². The fourth-order valence-corrected chi connectivity index (χ4v) is 2.53. The van der Waals surface area contributed by atoms with Crippen molar-refractivity contribution in [1.82, 2.24) is 5.32 Å².